The SMILES string of the molecule is Cc1ccc(-c2cc(C(C)C)c(-n3cccc3-c3ccccc3)c(C(C)C)c2)cc1. The summed E-state index contributed by atoms with van der Waals surface area (Å²) in [6.45, 7) is 11.3. The van der Waals surface area contributed by atoms with Crippen LogP contribution in [0.3, 0.4) is 0 Å². The summed E-state index contributed by atoms with van der Waals surface area (Å²) in [6, 6.07) is 28.7. The van der Waals surface area contributed by atoms with Crippen LogP contribution in [0.2, 0.25) is 0 Å². The van der Waals surface area contributed by atoms with Crippen LogP contribution < -0.4 is 0 Å². The molecule has 0 fully saturated rings. The van der Waals surface area contributed by atoms with Crippen molar-refractivity contribution in [1.82, 2.24) is 4.57 Å². The highest BCUT2D eigenvalue weighted by Crippen LogP contribution is 2.38. The summed E-state index contributed by atoms with van der Waals surface area (Å²) in [7, 11) is 0. The van der Waals surface area contributed by atoms with Gasteiger partial charge in [0, 0.05) is 6.20 Å². The number of aromatic nitrogens is 1. The zero-order chi connectivity index (χ0) is 21.3. The molecular formula is C29H31N. The Hall–Kier alpha value is -3.06. The van der Waals surface area contributed by atoms with Crippen molar-refractivity contribution >= 4 is 0 Å². The number of nitrogens with zero attached hydrogens (tertiary/aromatic N) is 1. The van der Waals surface area contributed by atoms with E-state index in [0.29, 0.717) is 11.8 Å². The molecule has 3 aromatic carbocycles. The van der Waals surface area contributed by atoms with Crippen LogP contribution in [0.4, 0.5) is 0 Å². The second-order valence-electron chi connectivity index (χ2n) is 8.81. The first-order chi connectivity index (χ1) is 14.5. The smallest absolute Gasteiger partial charge is 0.0528 e. The largest absolute Gasteiger partial charge is 0.316 e. The van der Waals surface area contributed by atoms with Crippen LogP contribution in [-0.4, -0.2) is 4.57 Å². The Kier molecular flexibility index (Phi) is 5.63. The van der Waals surface area contributed by atoms with Crippen LogP contribution in [0.15, 0.2) is 85.1 Å². The molecule has 0 saturated heterocycles. The molecule has 0 unspecified atom stereocenters. The van der Waals surface area contributed by atoms with Gasteiger partial charge in [0.2, 0.25) is 0 Å². The first-order valence-electron chi connectivity index (χ1n) is 10.9. The van der Waals surface area contributed by atoms with Crippen molar-refractivity contribution < 1.29 is 0 Å². The third-order valence-corrected chi connectivity index (χ3v) is 5.86. The predicted octanol–water partition coefficient (Wildman–Crippen LogP) is 8.37. The molecular weight excluding hydrogens is 362 g/mol. The van der Waals surface area contributed by atoms with Crippen molar-refractivity contribution in [2.45, 2.75) is 46.5 Å². The molecule has 0 aliphatic heterocycles. The average Bonchev–Trinajstić information content (AvgIpc) is 3.23. The quantitative estimate of drug-likeness (QED) is 0.321. The Morgan fingerprint density at radius 3 is 1.77 bits per heavy atom. The van der Waals surface area contributed by atoms with Crippen molar-refractivity contribution in [2.24, 2.45) is 0 Å². The Morgan fingerprint density at radius 2 is 1.20 bits per heavy atom. The highest BCUT2D eigenvalue weighted by Gasteiger charge is 2.20. The molecule has 1 aromatic heterocycles. The molecule has 0 radical (unpaired) electrons. The van der Waals surface area contributed by atoms with Crippen molar-refractivity contribution in [3.63, 3.8) is 0 Å². The van der Waals surface area contributed by atoms with Crippen molar-refractivity contribution in [1.29, 1.82) is 0 Å². The summed E-state index contributed by atoms with van der Waals surface area (Å²) in [6.07, 6.45) is 2.21. The van der Waals surface area contributed by atoms with Gasteiger partial charge in [0.1, 0.15) is 0 Å². The predicted molar refractivity (Wildman–Crippen MR) is 130 cm³/mol. The summed E-state index contributed by atoms with van der Waals surface area (Å²) in [5.41, 5.74) is 10.5. The molecule has 1 heteroatoms. The Bertz CT molecular complexity index is 1100. The maximum Gasteiger partial charge on any atom is 0.0528 e. The van der Waals surface area contributed by atoms with Crippen molar-refractivity contribution in [3.05, 3.63) is 102 Å². The topological polar surface area (TPSA) is 4.93 Å². The van der Waals surface area contributed by atoms with Gasteiger partial charge in [-0.2, -0.15) is 0 Å². The van der Waals surface area contributed by atoms with E-state index in [2.05, 4.69) is 124 Å². The monoisotopic (exact) mass is 393 g/mol. The highest BCUT2D eigenvalue weighted by molar-refractivity contribution is 5.72. The molecule has 4 aromatic rings. The van der Waals surface area contributed by atoms with Crippen LogP contribution in [0.25, 0.3) is 28.1 Å². The third kappa shape index (κ3) is 3.85. The molecule has 0 N–H and O–H groups in total. The zero-order valence-corrected chi connectivity index (χ0v) is 18.7. The Balaban J connectivity index is 1.97. The van der Waals surface area contributed by atoms with Gasteiger partial charge in [-0.05, 0) is 70.8 Å². The molecule has 0 amide bonds. The van der Waals surface area contributed by atoms with Gasteiger partial charge in [0.15, 0.2) is 0 Å². The van der Waals surface area contributed by atoms with Crippen LogP contribution in [0.1, 0.15) is 56.2 Å². The minimum atomic E-state index is 0.425. The summed E-state index contributed by atoms with van der Waals surface area (Å²) in [4.78, 5) is 0. The number of rotatable bonds is 5. The summed E-state index contributed by atoms with van der Waals surface area (Å²) >= 11 is 0. The van der Waals surface area contributed by atoms with E-state index in [1.165, 1.54) is 44.8 Å². The van der Waals surface area contributed by atoms with Crippen LogP contribution in [0, 0.1) is 6.92 Å². The molecule has 0 atom stereocenters. The molecule has 0 saturated carbocycles. The lowest BCUT2D eigenvalue weighted by Gasteiger charge is -2.24. The van der Waals surface area contributed by atoms with E-state index in [0.717, 1.165) is 0 Å². The molecule has 0 aliphatic carbocycles. The van der Waals surface area contributed by atoms with E-state index in [1.54, 1.807) is 0 Å². The maximum atomic E-state index is 2.39. The Labute approximate surface area is 181 Å². The molecule has 30 heavy (non-hydrogen) atoms. The average molecular weight is 394 g/mol. The molecule has 152 valence electrons. The van der Waals surface area contributed by atoms with Gasteiger partial charge in [-0.3, -0.25) is 0 Å². The number of hydrogen-bond donors (Lipinski definition) is 0. The van der Waals surface area contributed by atoms with Gasteiger partial charge in [-0.1, -0.05) is 87.9 Å². The lowest BCUT2D eigenvalue weighted by atomic mass is 9.88. The fraction of sp³-hybridized carbons (Fsp3) is 0.241. The van der Waals surface area contributed by atoms with E-state index in [1.807, 2.05) is 0 Å². The van der Waals surface area contributed by atoms with Crippen LogP contribution >= 0.6 is 0 Å². The fourth-order valence-corrected chi connectivity index (χ4v) is 4.17. The van der Waals surface area contributed by atoms with Gasteiger partial charge in [-0.15, -0.1) is 0 Å². The summed E-state index contributed by atoms with van der Waals surface area (Å²) in [5.74, 6) is 0.850. The molecule has 1 heterocycles. The third-order valence-electron chi connectivity index (χ3n) is 5.86. The van der Waals surface area contributed by atoms with Gasteiger partial charge in [0.25, 0.3) is 0 Å². The highest BCUT2D eigenvalue weighted by atomic mass is 15.0. The normalized spacial score (nSPS) is 11.4. The molecule has 0 spiro atoms. The lowest BCUT2D eigenvalue weighted by Crippen LogP contribution is -2.08. The minimum Gasteiger partial charge on any atom is -0.316 e. The first kappa shape index (κ1) is 20.2. The van der Waals surface area contributed by atoms with E-state index >= 15 is 0 Å². The molecule has 0 bridgehead atoms. The lowest BCUT2D eigenvalue weighted by molar-refractivity contribution is 0.808. The maximum absolute atomic E-state index is 2.39. The number of aryl methyl sites for hydroxylation is 1. The molecule has 4 rings (SSSR count). The molecule has 1 nitrogen and oxygen atoms in total. The van der Waals surface area contributed by atoms with Gasteiger partial charge < -0.3 is 4.57 Å². The van der Waals surface area contributed by atoms with Crippen LogP contribution in [-0.2, 0) is 0 Å². The standard InChI is InChI=1S/C29H31N/c1-20(2)26-18-25(23-15-13-22(5)14-16-23)19-27(21(3)4)29(26)30-17-9-12-28(30)24-10-7-6-8-11-24/h6-21H,1-5H3. The number of benzene rings is 3. The number of hydrogen-bond acceptors (Lipinski definition) is 0. The van der Waals surface area contributed by atoms with E-state index < -0.39 is 0 Å². The second kappa shape index (κ2) is 8.36. The van der Waals surface area contributed by atoms with E-state index in [4.69, 9.17) is 0 Å². The second-order valence-corrected chi connectivity index (χ2v) is 8.81. The van der Waals surface area contributed by atoms with Gasteiger partial charge in [0.05, 0.1) is 11.4 Å². The summed E-state index contributed by atoms with van der Waals surface area (Å²) < 4.78 is 2.39. The van der Waals surface area contributed by atoms with Gasteiger partial charge >= 0.3 is 0 Å². The van der Waals surface area contributed by atoms with Crippen molar-refractivity contribution in [2.75, 3.05) is 0 Å². The Morgan fingerprint density at radius 1 is 0.600 bits per heavy atom. The molecule has 0 aliphatic rings. The van der Waals surface area contributed by atoms with Crippen LogP contribution in [0.5, 0.6) is 0 Å². The van der Waals surface area contributed by atoms with Gasteiger partial charge in [-0.25, -0.2) is 0 Å². The summed E-state index contributed by atoms with van der Waals surface area (Å²) in [5, 5.41) is 0. The van der Waals surface area contributed by atoms with Crippen molar-refractivity contribution in [3.8, 4) is 28.1 Å². The minimum absolute atomic E-state index is 0.425. The zero-order valence-electron chi connectivity index (χ0n) is 18.7. The fourth-order valence-electron chi connectivity index (χ4n) is 4.17. The first-order valence-corrected chi connectivity index (χ1v) is 10.9. The van der Waals surface area contributed by atoms with E-state index in [9.17, 15) is 0 Å². The van der Waals surface area contributed by atoms with E-state index in [-0.39, 0.29) is 0 Å².